The zero-order valence-corrected chi connectivity index (χ0v) is 7.68. The summed E-state index contributed by atoms with van der Waals surface area (Å²) in [5, 5.41) is 9.07. The first-order valence-corrected chi connectivity index (χ1v) is 4.21. The maximum atomic E-state index is 10.8. The average molecular weight is 204 g/mol. The number of carbonyl (C=O) groups excluding carboxylic acids is 1. The average Bonchev–Trinajstić information content (AvgIpc) is 2.68. The molecule has 0 radical (unpaired) electrons. The number of phenols is 1. The van der Waals surface area contributed by atoms with E-state index in [1.165, 1.54) is 18.4 Å². The van der Waals surface area contributed by atoms with Gasteiger partial charge in [-0.25, -0.2) is 4.98 Å². The van der Waals surface area contributed by atoms with E-state index in [1.807, 2.05) is 0 Å². The second-order valence-electron chi connectivity index (χ2n) is 2.95. The van der Waals surface area contributed by atoms with Crippen LogP contribution in [0.1, 0.15) is 10.5 Å². The van der Waals surface area contributed by atoms with Crippen molar-refractivity contribution in [3.8, 4) is 17.2 Å². The Labute approximate surface area is 85.2 Å². The van der Waals surface area contributed by atoms with Crippen LogP contribution in [0, 0.1) is 0 Å². The number of phenolic OH excluding ortho intramolecular Hbond substituents is 1. The third-order valence-electron chi connectivity index (χ3n) is 1.87. The normalized spacial score (nSPS) is 10.1. The number of hydrogen-bond donors (Lipinski definition) is 2. The van der Waals surface area contributed by atoms with Crippen molar-refractivity contribution in [1.82, 2.24) is 4.98 Å². The zero-order valence-electron chi connectivity index (χ0n) is 7.68. The standard InChI is InChI=1S/C10H8N2O3/c11-9(14)8-5-15-10(12-8)6-1-3-7(13)4-2-6/h1-5,13H,(H2,11,14). The van der Waals surface area contributed by atoms with Gasteiger partial charge in [0, 0.05) is 5.56 Å². The van der Waals surface area contributed by atoms with E-state index in [4.69, 9.17) is 15.3 Å². The van der Waals surface area contributed by atoms with Crippen molar-refractivity contribution in [2.24, 2.45) is 5.73 Å². The van der Waals surface area contributed by atoms with Crippen LogP contribution in [0.15, 0.2) is 34.9 Å². The molecule has 1 heterocycles. The maximum Gasteiger partial charge on any atom is 0.270 e. The van der Waals surface area contributed by atoms with Crippen LogP contribution < -0.4 is 5.73 Å². The molecule has 15 heavy (non-hydrogen) atoms. The van der Waals surface area contributed by atoms with Gasteiger partial charge in [0.1, 0.15) is 12.0 Å². The molecule has 1 amide bonds. The van der Waals surface area contributed by atoms with Crippen molar-refractivity contribution in [3.63, 3.8) is 0 Å². The first-order valence-electron chi connectivity index (χ1n) is 4.21. The van der Waals surface area contributed by atoms with E-state index in [1.54, 1.807) is 12.1 Å². The zero-order chi connectivity index (χ0) is 10.8. The van der Waals surface area contributed by atoms with E-state index in [0.29, 0.717) is 11.5 Å². The number of aromatic nitrogens is 1. The summed E-state index contributed by atoms with van der Waals surface area (Å²) in [6.07, 6.45) is 1.20. The molecule has 0 aliphatic heterocycles. The Kier molecular flexibility index (Phi) is 2.13. The molecule has 76 valence electrons. The molecule has 0 saturated carbocycles. The Bertz CT molecular complexity index is 488. The topological polar surface area (TPSA) is 89.4 Å². The van der Waals surface area contributed by atoms with Gasteiger partial charge in [-0.1, -0.05) is 0 Å². The van der Waals surface area contributed by atoms with Crippen LogP contribution in [0.25, 0.3) is 11.5 Å². The van der Waals surface area contributed by atoms with E-state index in [9.17, 15) is 4.79 Å². The Morgan fingerprint density at radius 3 is 2.53 bits per heavy atom. The van der Waals surface area contributed by atoms with Crippen LogP contribution >= 0.6 is 0 Å². The quantitative estimate of drug-likeness (QED) is 0.767. The Balaban J connectivity index is 2.37. The Hall–Kier alpha value is -2.30. The molecule has 1 aromatic heterocycles. The van der Waals surface area contributed by atoms with Crippen molar-refractivity contribution in [2.45, 2.75) is 0 Å². The summed E-state index contributed by atoms with van der Waals surface area (Å²) in [5.74, 6) is -0.187. The van der Waals surface area contributed by atoms with Gasteiger partial charge in [-0.05, 0) is 24.3 Å². The van der Waals surface area contributed by atoms with Crippen LogP contribution in [-0.2, 0) is 0 Å². The highest BCUT2D eigenvalue weighted by molar-refractivity contribution is 5.90. The molecule has 0 aliphatic rings. The molecule has 2 aromatic rings. The lowest BCUT2D eigenvalue weighted by Gasteiger charge is -1.94. The van der Waals surface area contributed by atoms with Gasteiger partial charge < -0.3 is 15.3 Å². The molecule has 0 bridgehead atoms. The van der Waals surface area contributed by atoms with Gasteiger partial charge in [0.25, 0.3) is 5.91 Å². The van der Waals surface area contributed by atoms with Gasteiger partial charge in [0.15, 0.2) is 5.69 Å². The summed E-state index contributed by atoms with van der Waals surface area (Å²) in [6, 6.07) is 6.27. The maximum absolute atomic E-state index is 10.8. The molecule has 3 N–H and O–H groups in total. The lowest BCUT2D eigenvalue weighted by atomic mass is 10.2. The number of aromatic hydroxyl groups is 1. The Morgan fingerprint density at radius 1 is 1.33 bits per heavy atom. The van der Waals surface area contributed by atoms with Crippen LogP contribution in [0.4, 0.5) is 0 Å². The van der Waals surface area contributed by atoms with E-state index < -0.39 is 5.91 Å². The summed E-state index contributed by atoms with van der Waals surface area (Å²) in [4.78, 5) is 14.6. The summed E-state index contributed by atoms with van der Waals surface area (Å²) < 4.78 is 5.06. The second kappa shape index (κ2) is 3.45. The molecule has 0 unspecified atom stereocenters. The van der Waals surface area contributed by atoms with Gasteiger partial charge in [-0.2, -0.15) is 0 Å². The summed E-state index contributed by atoms with van der Waals surface area (Å²) in [5.41, 5.74) is 5.78. The smallest absolute Gasteiger partial charge is 0.270 e. The fourth-order valence-corrected chi connectivity index (χ4v) is 1.12. The monoisotopic (exact) mass is 204 g/mol. The van der Waals surface area contributed by atoms with Crippen LogP contribution in [0.5, 0.6) is 5.75 Å². The van der Waals surface area contributed by atoms with Crippen molar-refractivity contribution in [3.05, 3.63) is 36.2 Å². The van der Waals surface area contributed by atoms with Crippen molar-refractivity contribution < 1.29 is 14.3 Å². The molecule has 5 nitrogen and oxygen atoms in total. The SMILES string of the molecule is NC(=O)c1coc(-c2ccc(O)cc2)n1. The molecular formula is C10H8N2O3. The molecular weight excluding hydrogens is 196 g/mol. The van der Waals surface area contributed by atoms with Crippen LogP contribution in [0.3, 0.4) is 0 Å². The largest absolute Gasteiger partial charge is 0.508 e. The number of rotatable bonds is 2. The highest BCUT2D eigenvalue weighted by Crippen LogP contribution is 2.20. The third kappa shape index (κ3) is 1.80. The predicted octanol–water partition coefficient (Wildman–Crippen LogP) is 1.15. The summed E-state index contributed by atoms with van der Waals surface area (Å²) in [6.45, 7) is 0. The molecule has 0 aliphatic carbocycles. The number of amides is 1. The van der Waals surface area contributed by atoms with E-state index in [0.717, 1.165) is 0 Å². The van der Waals surface area contributed by atoms with Gasteiger partial charge in [-0.15, -0.1) is 0 Å². The fourth-order valence-electron chi connectivity index (χ4n) is 1.12. The van der Waals surface area contributed by atoms with E-state index >= 15 is 0 Å². The molecule has 2 rings (SSSR count). The van der Waals surface area contributed by atoms with Crippen LogP contribution in [-0.4, -0.2) is 16.0 Å². The number of primary amides is 1. The number of oxazole rings is 1. The Morgan fingerprint density at radius 2 is 2.00 bits per heavy atom. The molecule has 5 heteroatoms. The lowest BCUT2D eigenvalue weighted by molar-refractivity contribution is 0.0995. The number of hydrogen-bond acceptors (Lipinski definition) is 4. The molecule has 0 spiro atoms. The highest BCUT2D eigenvalue weighted by atomic mass is 16.3. The molecule has 0 saturated heterocycles. The first kappa shape index (κ1) is 9.26. The van der Waals surface area contributed by atoms with Gasteiger partial charge >= 0.3 is 0 Å². The van der Waals surface area contributed by atoms with Gasteiger partial charge in [0.05, 0.1) is 0 Å². The van der Waals surface area contributed by atoms with Crippen molar-refractivity contribution in [1.29, 1.82) is 0 Å². The summed E-state index contributed by atoms with van der Waals surface area (Å²) >= 11 is 0. The first-order chi connectivity index (χ1) is 7.16. The highest BCUT2D eigenvalue weighted by Gasteiger charge is 2.09. The van der Waals surface area contributed by atoms with E-state index in [2.05, 4.69) is 4.98 Å². The molecule has 0 atom stereocenters. The van der Waals surface area contributed by atoms with Gasteiger partial charge in [-0.3, -0.25) is 4.79 Å². The second-order valence-corrected chi connectivity index (χ2v) is 2.95. The number of nitrogens with two attached hydrogens (primary N) is 1. The minimum absolute atomic E-state index is 0.0816. The van der Waals surface area contributed by atoms with E-state index in [-0.39, 0.29) is 11.4 Å². The predicted molar refractivity (Wildman–Crippen MR) is 52.1 cm³/mol. The third-order valence-corrected chi connectivity index (χ3v) is 1.87. The molecule has 0 fully saturated rings. The van der Waals surface area contributed by atoms with Crippen molar-refractivity contribution >= 4 is 5.91 Å². The number of carbonyl (C=O) groups is 1. The number of benzene rings is 1. The van der Waals surface area contributed by atoms with Crippen LogP contribution in [0.2, 0.25) is 0 Å². The van der Waals surface area contributed by atoms with Crippen molar-refractivity contribution in [2.75, 3.05) is 0 Å². The minimum atomic E-state index is -0.635. The number of nitrogens with zero attached hydrogens (tertiary/aromatic N) is 1. The van der Waals surface area contributed by atoms with Gasteiger partial charge in [0.2, 0.25) is 5.89 Å². The summed E-state index contributed by atoms with van der Waals surface area (Å²) in [7, 11) is 0. The fraction of sp³-hybridized carbons (Fsp3) is 0. The minimum Gasteiger partial charge on any atom is -0.508 e. The lowest BCUT2D eigenvalue weighted by Crippen LogP contribution is -2.10. The molecule has 1 aromatic carbocycles.